The smallest absolute Gasteiger partial charge is 0.171 e. The molecule has 0 unspecified atom stereocenters. The van der Waals surface area contributed by atoms with Gasteiger partial charge in [-0.05, 0) is 55.4 Å². The molecule has 0 amide bonds. The van der Waals surface area contributed by atoms with Crippen LogP contribution in [0.15, 0.2) is 36.5 Å². The number of aromatic nitrogens is 1. The van der Waals surface area contributed by atoms with Crippen LogP contribution >= 0.6 is 23.8 Å². The quantitative estimate of drug-likeness (QED) is 0.845. The molecule has 0 aliphatic heterocycles. The number of halogens is 1. The summed E-state index contributed by atoms with van der Waals surface area (Å²) in [4.78, 5) is 4.23. The molecule has 0 atom stereocenters. The molecule has 1 heterocycles. The van der Waals surface area contributed by atoms with Gasteiger partial charge in [-0.3, -0.25) is 4.98 Å². The molecule has 0 radical (unpaired) electrons. The fraction of sp³-hybridized carbons (Fsp3) is 0.200. The fourth-order valence-electron chi connectivity index (χ4n) is 1.91. The van der Waals surface area contributed by atoms with E-state index in [0.717, 1.165) is 22.5 Å². The molecule has 0 spiro atoms. The maximum absolute atomic E-state index is 6.23. The number of hydrogen-bond donors (Lipinski definition) is 2. The van der Waals surface area contributed by atoms with Crippen LogP contribution < -0.4 is 10.6 Å². The van der Waals surface area contributed by atoms with Crippen molar-refractivity contribution in [1.82, 2.24) is 10.3 Å². The zero-order valence-corrected chi connectivity index (χ0v) is 13.0. The molecule has 3 nitrogen and oxygen atoms in total. The van der Waals surface area contributed by atoms with Gasteiger partial charge in [0.25, 0.3) is 0 Å². The highest BCUT2D eigenvalue weighted by molar-refractivity contribution is 7.80. The Labute approximate surface area is 129 Å². The van der Waals surface area contributed by atoms with Gasteiger partial charge in [0, 0.05) is 6.20 Å². The van der Waals surface area contributed by atoms with Crippen molar-refractivity contribution >= 4 is 34.6 Å². The number of nitrogens with zero attached hydrogens (tertiary/aromatic N) is 1. The van der Waals surface area contributed by atoms with E-state index in [1.807, 2.05) is 38.1 Å². The first kappa shape index (κ1) is 14.8. The van der Waals surface area contributed by atoms with Crippen LogP contribution in [0.1, 0.15) is 16.8 Å². The first-order valence-electron chi connectivity index (χ1n) is 6.28. The van der Waals surface area contributed by atoms with Crippen molar-refractivity contribution < 1.29 is 0 Å². The third kappa shape index (κ3) is 3.92. The van der Waals surface area contributed by atoms with E-state index in [-0.39, 0.29) is 0 Å². The molecule has 0 aliphatic rings. The second-order valence-corrected chi connectivity index (χ2v) is 5.38. The van der Waals surface area contributed by atoms with Gasteiger partial charge in [-0.15, -0.1) is 0 Å². The number of hydrogen-bond acceptors (Lipinski definition) is 2. The van der Waals surface area contributed by atoms with Gasteiger partial charge in [-0.1, -0.05) is 23.7 Å². The second kappa shape index (κ2) is 6.68. The zero-order valence-electron chi connectivity index (χ0n) is 11.4. The molecule has 1 aromatic heterocycles. The minimum atomic E-state index is 0.532. The number of nitrogens with one attached hydrogen (secondary N) is 2. The van der Waals surface area contributed by atoms with Crippen molar-refractivity contribution in [2.75, 3.05) is 5.32 Å². The Morgan fingerprint density at radius 1 is 1.30 bits per heavy atom. The highest BCUT2D eigenvalue weighted by Gasteiger charge is 2.07. The summed E-state index contributed by atoms with van der Waals surface area (Å²) >= 11 is 11.5. The summed E-state index contributed by atoms with van der Waals surface area (Å²) in [6.07, 6.45) is 1.76. The Hall–Kier alpha value is -1.65. The van der Waals surface area contributed by atoms with Gasteiger partial charge in [-0.25, -0.2) is 0 Å². The van der Waals surface area contributed by atoms with E-state index < -0.39 is 0 Å². The van der Waals surface area contributed by atoms with Crippen molar-refractivity contribution in [2.24, 2.45) is 0 Å². The van der Waals surface area contributed by atoms with E-state index in [0.29, 0.717) is 16.7 Å². The standard InChI is InChI=1S/C15H16ClN3S/c1-10-7-11(2)14(13(16)8-10)19-15(20)18-9-12-5-3-4-6-17-12/h3-8H,9H2,1-2H3,(H2,18,19,20). The van der Waals surface area contributed by atoms with Crippen LogP contribution in [0.2, 0.25) is 5.02 Å². The van der Waals surface area contributed by atoms with E-state index in [4.69, 9.17) is 23.8 Å². The van der Waals surface area contributed by atoms with Crippen LogP contribution in [-0.4, -0.2) is 10.1 Å². The van der Waals surface area contributed by atoms with Crippen LogP contribution in [0.5, 0.6) is 0 Å². The van der Waals surface area contributed by atoms with E-state index >= 15 is 0 Å². The van der Waals surface area contributed by atoms with E-state index in [1.54, 1.807) is 6.20 Å². The maximum Gasteiger partial charge on any atom is 0.171 e. The van der Waals surface area contributed by atoms with Gasteiger partial charge in [0.2, 0.25) is 0 Å². The lowest BCUT2D eigenvalue weighted by Crippen LogP contribution is -2.28. The van der Waals surface area contributed by atoms with Gasteiger partial charge >= 0.3 is 0 Å². The largest absolute Gasteiger partial charge is 0.357 e. The van der Waals surface area contributed by atoms with Crippen molar-refractivity contribution in [1.29, 1.82) is 0 Å². The lowest BCUT2D eigenvalue weighted by molar-refractivity contribution is 0.882. The summed E-state index contributed by atoms with van der Waals surface area (Å²) in [6, 6.07) is 9.75. The molecule has 1 aromatic carbocycles. The molecule has 2 N–H and O–H groups in total. The summed E-state index contributed by atoms with van der Waals surface area (Å²) in [6.45, 7) is 4.60. The molecule has 5 heteroatoms. The fourth-order valence-corrected chi connectivity index (χ4v) is 2.45. The minimum absolute atomic E-state index is 0.532. The van der Waals surface area contributed by atoms with E-state index in [1.165, 1.54) is 0 Å². The van der Waals surface area contributed by atoms with Gasteiger partial charge in [-0.2, -0.15) is 0 Å². The van der Waals surface area contributed by atoms with E-state index in [9.17, 15) is 0 Å². The van der Waals surface area contributed by atoms with Gasteiger partial charge in [0.05, 0.1) is 22.9 Å². The molecule has 0 saturated carbocycles. The Kier molecular flexibility index (Phi) is 4.93. The Balaban J connectivity index is 1.98. The predicted molar refractivity (Wildman–Crippen MR) is 88.2 cm³/mol. The molecular formula is C15H16ClN3S. The molecule has 0 fully saturated rings. The van der Waals surface area contributed by atoms with Crippen LogP contribution in [0, 0.1) is 13.8 Å². The zero-order chi connectivity index (χ0) is 14.5. The molecule has 2 rings (SSSR count). The summed E-state index contributed by atoms with van der Waals surface area (Å²) < 4.78 is 0. The minimum Gasteiger partial charge on any atom is -0.357 e. The first-order chi connectivity index (χ1) is 9.56. The van der Waals surface area contributed by atoms with Gasteiger partial charge < -0.3 is 10.6 Å². The highest BCUT2D eigenvalue weighted by atomic mass is 35.5. The average molecular weight is 306 g/mol. The van der Waals surface area contributed by atoms with Gasteiger partial charge in [0.15, 0.2) is 5.11 Å². The number of benzene rings is 1. The second-order valence-electron chi connectivity index (χ2n) is 4.57. The molecular weight excluding hydrogens is 290 g/mol. The van der Waals surface area contributed by atoms with Crippen molar-refractivity contribution in [3.8, 4) is 0 Å². The topological polar surface area (TPSA) is 37.0 Å². The Bertz CT molecular complexity index is 591. The molecule has 0 aliphatic carbocycles. The SMILES string of the molecule is Cc1cc(C)c(NC(=S)NCc2ccccn2)c(Cl)c1. The molecule has 2 aromatic rings. The number of aryl methyl sites for hydroxylation is 2. The summed E-state index contributed by atoms with van der Waals surface area (Å²) in [5.41, 5.74) is 3.97. The predicted octanol–water partition coefficient (Wildman–Crippen LogP) is 3.84. The first-order valence-corrected chi connectivity index (χ1v) is 7.06. The monoisotopic (exact) mass is 305 g/mol. The van der Waals surface area contributed by atoms with Crippen LogP contribution in [0.3, 0.4) is 0 Å². The summed E-state index contributed by atoms with van der Waals surface area (Å²) in [5.74, 6) is 0. The van der Waals surface area contributed by atoms with Gasteiger partial charge in [0.1, 0.15) is 0 Å². The summed E-state index contributed by atoms with van der Waals surface area (Å²) in [7, 11) is 0. The van der Waals surface area contributed by atoms with Crippen LogP contribution in [0.25, 0.3) is 0 Å². The van der Waals surface area contributed by atoms with Crippen LogP contribution in [0.4, 0.5) is 5.69 Å². The third-order valence-corrected chi connectivity index (χ3v) is 3.37. The molecule has 0 bridgehead atoms. The molecule has 0 saturated heterocycles. The number of anilines is 1. The van der Waals surface area contributed by atoms with E-state index in [2.05, 4.69) is 21.7 Å². The number of rotatable bonds is 3. The van der Waals surface area contributed by atoms with Crippen LogP contribution in [-0.2, 0) is 6.54 Å². The lowest BCUT2D eigenvalue weighted by atomic mass is 10.1. The summed E-state index contributed by atoms with van der Waals surface area (Å²) in [5, 5.41) is 7.45. The molecule has 104 valence electrons. The van der Waals surface area contributed by atoms with Crippen molar-refractivity contribution in [3.05, 3.63) is 58.4 Å². The Morgan fingerprint density at radius 3 is 2.75 bits per heavy atom. The maximum atomic E-state index is 6.23. The normalized spacial score (nSPS) is 10.2. The number of thiocarbonyl (C=S) groups is 1. The lowest BCUT2D eigenvalue weighted by Gasteiger charge is -2.14. The number of pyridine rings is 1. The Morgan fingerprint density at radius 2 is 2.10 bits per heavy atom. The average Bonchev–Trinajstić information content (AvgIpc) is 2.42. The molecule has 20 heavy (non-hydrogen) atoms. The third-order valence-electron chi connectivity index (χ3n) is 2.83. The van der Waals surface area contributed by atoms with Crippen molar-refractivity contribution in [3.63, 3.8) is 0 Å². The van der Waals surface area contributed by atoms with Crippen molar-refractivity contribution in [2.45, 2.75) is 20.4 Å². The highest BCUT2D eigenvalue weighted by Crippen LogP contribution is 2.27.